The Balaban J connectivity index is 1.25. The number of aromatic nitrogens is 3. The summed E-state index contributed by atoms with van der Waals surface area (Å²) >= 11 is 3.22. The lowest BCUT2D eigenvalue weighted by Gasteiger charge is -2.10. The summed E-state index contributed by atoms with van der Waals surface area (Å²) in [5.41, 5.74) is 3.65. The van der Waals surface area contributed by atoms with E-state index in [-0.39, 0.29) is 11.9 Å². The van der Waals surface area contributed by atoms with Crippen molar-refractivity contribution in [2.75, 3.05) is 11.9 Å². The topological polar surface area (TPSA) is 86.1 Å². The largest absolute Gasteiger partial charge is 0.462 e. The monoisotopic (exact) mass is 540 g/mol. The van der Waals surface area contributed by atoms with Crippen molar-refractivity contribution in [3.05, 3.63) is 113 Å². The molecule has 0 aliphatic carbocycles. The van der Waals surface area contributed by atoms with Gasteiger partial charge in [0.05, 0.1) is 17.0 Å². The highest BCUT2D eigenvalue weighted by molar-refractivity contribution is 7.98. The molecule has 9 heteroatoms. The molecule has 0 aliphatic heterocycles. The predicted molar refractivity (Wildman–Crippen MR) is 151 cm³/mol. The van der Waals surface area contributed by atoms with Crippen molar-refractivity contribution in [1.82, 2.24) is 14.8 Å². The normalized spacial score (nSPS) is 10.8. The second kappa shape index (κ2) is 11.9. The van der Waals surface area contributed by atoms with E-state index in [0.29, 0.717) is 29.2 Å². The third-order valence-corrected chi connectivity index (χ3v) is 7.49. The van der Waals surface area contributed by atoms with Gasteiger partial charge in [-0.15, -0.1) is 21.5 Å². The van der Waals surface area contributed by atoms with Gasteiger partial charge in [0.2, 0.25) is 0 Å². The van der Waals surface area contributed by atoms with Gasteiger partial charge in [0.25, 0.3) is 5.91 Å². The van der Waals surface area contributed by atoms with Crippen molar-refractivity contribution in [3.8, 4) is 16.4 Å². The number of thiophene rings is 1. The summed E-state index contributed by atoms with van der Waals surface area (Å²) in [5, 5.41) is 14.6. The zero-order valence-corrected chi connectivity index (χ0v) is 22.2. The number of thioether (sulfide) groups is 1. The van der Waals surface area contributed by atoms with Crippen LogP contribution in [0.25, 0.3) is 16.4 Å². The summed E-state index contributed by atoms with van der Waals surface area (Å²) < 4.78 is 7.06. The Kier molecular flexibility index (Phi) is 7.96. The first kappa shape index (κ1) is 25.4. The summed E-state index contributed by atoms with van der Waals surface area (Å²) in [7, 11) is 0. The SMILES string of the molecule is CCOC(=O)c1ccc(NC(=O)c2ccc(CSc3nnc(-c4cccs4)n3-c3ccccc3)cc2)cc1. The molecule has 5 rings (SSSR count). The molecule has 0 spiro atoms. The van der Waals surface area contributed by atoms with Gasteiger partial charge in [-0.25, -0.2) is 4.79 Å². The van der Waals surface area contributed by atoms with Crippen LogP contribution in [-0.4, -0.2) is 33.2 Å². The highest BCUT2D eigenvalue weighted by atomic mass is 32.2. The van der Waals surface area contributed by atoms with Crippen molar-refractivity contribution in [2.24, 2.45) is 0 Å². The summed E-state index contributed by atoms with van der Waals surface area (Å²) in [5.74, 6) is 0.879. The fourth-order valence-corrected chi connectivity index (χ4v) is 5.35. The maximum Gasteiger partial charge on any atom is 0.338 e. The number of amides is 1. The van der Waals surface area contributed by atoms with Gasteiger partial charge in [-0.3, -0.25) is 9.36 Å². The van der Waals surface area contributed by atoms with E-state index >= 15 is 0 Å². The number of rotatable bonds is 9. The van der Waals surface area contributed by atoms with Gasteiger partial charge >= 0.3 is 5.97 Å². The second-order valence-electron chi connectivity index (χ2n) is 8.19. The van der Waals surface area contributed by atoms with Crippen molar-refractivity contribution in [3.63, 3.8) is 0 Å². The first-order chi connectivity index (χ1) is 18.6. The Hall–Kier alpha value is -4.21. The number of carbonyl (C=O) groups excluding carboxylic acids is 2. The lowest BCUT2D eigenvalue weighted by atomic mass is 10.1. The summed E-state index contributed by atoms with van der Waals surface area (Å²) in [6.07, 6.45) is 0. The molecule has 0 aliphatic rings. The molecule has 190 valence electrons. The van der Waals surface area contributed by atoms with Crippen LogP contribution >= 0.6 is 23.1 Å². The van der Waals surface area contributed by atoms with Gasteiger partial charge in [-0.1, -0.05) is 48.2 Å². The van der Waals surface area contributed by atoms with Crippen LogP contribution in [0.5, 0.6) is 0 Å². The van der Waals surface area contributed by atoms with Gasteiger partial charge in [0.1, 0.15) is 0 Å². The minimum absolute atomic E-state index is 0.225. The van der Waals surface area contributed by atoms with Gasteiger partial charge in [-0.05, 0) is 72.5 Å². The Bertz CT molecular complexity index is 1510. The molecule has 1 amide bonds. The lowest BCUT2D eigenvalue weighted by molar-refractivity contribution is 0.0526. The van der Waals surface area contributed by atoms with Gasteiger partial charge in [0.15, 0.2) is 11.0 Å². The molecule has 5 aromatic rings. The molecule has 0 atom stereocenters. The van der Waals surface area contributed by atoms with E-state index in [4.69, 9.17) is 4.74 Å². The number of esters is 1. The molecule has 0 bridgehead atoms. The van der Waals surface area contributed by atoms with Gasteiger partial charge in [0, 0.05) is 22.7 Å². The van der Waals surface area contributed by atoms with Crippen LogP contribution in [0.4, 0.5) is 5.69 Å². The van der Waals surface area contributed by atoms with Crippen LogP contribution in [-0.2, 0) is 10.5 Å². The quantitative estimate of drug-likeness (QED) is 0.165. The van der Waals surface area contributed by atoms with Gasteiger partial charge < -0.3 is 10.1 Å². The highest BCUT2D eigenvalue weighted by Crippen LogP contribution is 2.31. The molecule has 38 heavy (non-hydrogen) atoms. The third-order valence-electron chi connectivity index (χ3n) is 5.63. The van der Waals surface area contributed by atoms with Crippen molar-refractivity contribution in [2.45, 2.75) is 17.8 Å². The summed E-state index contributed by atoms with van der Waals surface area (Å²) in [4.78, 5) is 25.6. The average molecular weight is 541 g/mol. The lowest BCUT2D eigenvalue weighted by Crippen LogP contribution is -2.12. The second-order valence-corrected chi connectivity index (χ2v) is 10.1. The average Bonchev–Trinajstić information content (AvgIpc) is 3.63. The number of nitrogens with one attached hydrogen (secondary N) is 1. The van der Waals surface area contributed by atoms with E-state index < -0.39 is 0 Å². The molecule has 7 nitrogen and oxygen atoms in total. The van der Waals surface area contributed by atoms with E-state index in [1.807, 2.05) is 60.0 Å². The van der Waals surface area contributed by atoms with Crippen LogP contribution < -0.4 is 5.32 Å². The number of anilines is 1. The summed E-state index contributed by atoms with van der Waals surface area (Å²) in [6, 6.07) is 28.2. The van der Waals surface area contributed by atoms with E-state index in [1.54, 1.807) is 66.4 Å². The van der Waals surface area contributed by atoms with Gasteiger partial charge in [-0.2, -0.15) is 0 Å². The maximum atomic E-state index is 12.7. The number of carbonyl (C=O) groups is 2. The molecule has 0 saturated carbocycles. The molecular formula is C29H24N4O3S2. The molecule has 0 radical (unpaired) electrons. The number of hydrogen-bond donors (Lipinski definition) is 1. The molecule has 2 aromatic heterocycles. The Morgan fingerprint density at radius 2 is 1.63 bits per heavy atom. The van der Waals surface area contributed by atoms with Crippen LogP contribution in [0.3, 0.4) is 0 Å². The standard InChI is InChI=1S/C29H24N4O3S2/c1-2-36-28(35)22-14-16-23(17-15-22)30-27(34)21-12-10-20(11-13-21)19-38-29-32-31-26(25-9-6-18-37-25)33(29)24-7-4-3-5-8-24/h3-18H,2,19H2,1H3,(H,30,34). The number of hydrogen-bond acceptors (Lipinski definition) is 7. The molecule has 0 unspecified atom stereocenters. The van der Waals surface area contributed by atoms with Crippen molar-refractivity contribution >= 4 is 40.7 Å². The minimum atomic E-state index is -0.386. The molecule has 0 saturated heterocycles. The van der Waals surface area contributed by atoms with Crippen molar-refractivity contribution in [1.29, 1.82) is 0 Å². The van der Waals surface area contributed by atoms with E-state index in [0.717, 1.165) is 27.1 Å². The Morgan fingerprint density at radius 3 is 2.32 bits per heavy atom. The van der Waals surface area contributed by atoms with E-state index in [1.165, 1.54) is 0 Å². The molecule has 2 heterocycles. The number of para-hydroxylation sites is 1. The molecule has 1 N–H and O–H groups in total. The van der Waals surface area contributed by atoms with Crippen LogP contribution in [0.2, 0.25) is 0 Å². The maximum absolute atomic E-state index is 12.7. The zero-order valence-electron chi connectivity index (χ0n) is 20.5. The predicted octanol–water partition coefficient (Wildman–Crippen LogP) is 6.72. The smallest absolute Gasteiger partial charge is 0.338 e. The third kappa shape index (κ3) is 5.85. The number of ether oxygens (including phenoxy) is 1. The van der Waals surface area contributed by atoms with Crippen LogP contribution in [0.15, 0.2) is 102 Å². The van der Waals surface area contributed by atoms with Crippen LogP contribution in [0, 0.1) is 0 Å². The van der Waals surface area contributed by atoms with Crippen LogP contribution in [0.1, 0.15) is 33.2 Å². The fraction of sp³-hybridized carbons (Fsp3) is 0.103. The molecule has 3 aromatic carbocycles. The highest BCUT2D eigenvalue weighted by Gasteiger charge is 2.17. The fourth-order valence-electron chi connectivity index (χ4n) is 3.75. The molecule has 0 fully saturated rings. The summed E-state index contributed by atoms with van der Waals surface area (Å²) in [6.45, 7) is 2.07. The van der Waals surface area contributed by atoms with Crippen molar-refractivity contribution < 1.29 is 14.3 Å². The minimum Gasteiger partial charge on any atom is -0.462 e. The number of benzene rings is 3. The van der Waals surface area contributed by atoms with E-state index in [2.05, 4.69) is 20.1 Å². The first-order valence-corrected chi connectivity index (χ1v) is 13.8. The van der Waals surface area contributed by atoms with E-state index in [9.17, 15) is 9.59 Å². The number of nitrogens with zero attached hydrogens (tertiary/aromatic N) is 3. The molecular weight excluding hydrogens is 516 g/mol. The zero-order chi connectivity index (χ0) is 26.3. The first-order valence-electron chi connectivity index (χ1n) is 12.0. The Morgan fingerprint density at radius 1 is 0.895 bits per heavy atom. The Labute approximate surface area is 228 Å².